The second kappa shape index (κ2) is 6.75. The Labute approximate surface area is 123 Å². The summed E-state index contributed by atoms with van der Waals surface area (Å²) in [5, 5.41) is 11.7. The standard InChI is InChI=1S/C15H19N3O3/c1-10(2)15(3,9-16)18-13(19)8-21-14(20)11-4-6-12(17)7-5-11/h4-7,10H,8,17H2,1-3H3,(H,18,19)/t15-/m1/s1. The molecule has 0 aliphatic rings. The predicted molar refractivity (Wildman–Crippen MR) is 78.1 cm³/mol. The number of nitrogen functional groups attached to an aromatic ring is 1. The molecule has 0 aliphatic heterocycles. The molecule has 1 aromatic rings. The Bertz CT molecular complexity index is 561. The third-order valence-corrected chi connectivity index (χ3v) is 3.27. The summed E-state index contributed by atoms with van der Waals surface area (Å²) in [5.74, 6) is -1.20. The number of rotatable bonds is 5. The van der Waals surface area contributed by atoms with Gasteiger partial charge in [-0.15, -0.1) is 0 Å². The van der Waals surface area contributed by atoms with Crippen molar-refractivity contribution in [1.82, 2.24) is 5.32 Å². The molecule has 0 aromatic heterocycles. The molecule has 0 saturated carbocycles. The normalized spacial score (nSPS) is 13.1. The van der Waals surface area contributed by atoms with Gasteiger partial charge in [-0.1, -0.05) is 13.8 Å². The van der Waals surface area contributed by atoms with E-state index in [2.05, 4.69) is 5.32 Å². The maximum atomic E-state index is 11.8. The summed E-state index contributed by atoms with van der Waals surface area (Å²) in [6, 6.07) is 8.23. The van der Waals surface area contributed by atoms with Crippen LogP contribution in [0.25, 0.3) is 0 Å². The molecule has 3 N–H and O–H groups in total. The quantitative estimate of drug-likeness (QED) is 0.631. The summed E-state index contributed by atoms with van der Waals surface area (Å²) in [5.41, 5.74) is 5.36. The SMILES string of the molecule is CC(C)[C@@](C)(C#N)NC(=O)COC(=O)c1ccc(N)cc1. The number of benzene rings is 1. The number of esters is 1. The Hall–Kier alpha value is -2.55. The lowest BCUT2D eigenvalue weighted by molar-refractivity contribution is -0.125. The Morgan fingerprint density at radius 1 is 1.38 bits per heavy atom. The van der Waals surface area contributed by atoms with Gasteiger partial charge in [-0.3, -0.25) is 4.79 Å². The smallest absolute Gasteiger partial charge is 0.338 e. The van der Waals surface area contributed by atoms with E-state index >= 15 is 0 Å². The van der Waals surface area contributed by atoms with Gasteiger partial charge in [0.1, 0.15) is 5.54 Å². The Morgan fingerprint density at radius 3 is 2.43 bits per heavy atom. The zero-order valence-corrected chi connectivity index (χ0v) is 12.3. The van der Waals surface area contributed by atoms with Gasteiger partial charge in [0.25, 0.3) is 5.91 Å². The van der Waals surface area contributed by atoms with E-state index in [1.165, 1.54) is 12.1 Å². The maximum Gasteiger partial charge on any atom is 0.338 e. The van der Waals surface area contributed by atoms with Crippen LogP contribution in [0.5, 0.6) is 0 Å². The third kappa shape index (κ3) is 4.49. The average Bonchev–Trinajstić information content (AvgIpc) is 2.45. The van der Waals surface area contributed by atoms with Crippen LogP contribution in [-0.4, -0.2) is 24.0 Å². The van der Waals surface area contributed by atoms with E-state index in [0.717, 1.165) is 0 Å². The van der Waals surface area contributed by atoms with E-state index in [0.29, 0.717) is 11.3 Å². The van der Waals surface area contributed by atoms with Crippen LogP contribution in [0, 0.1) is 17.2 Å². The van der Waals surface area contributed by atoms with Gasteiger partial charge in [-0.25, -0.2) is 4.79 Å². The Morgan fingerprint density at radius 2 is 1.95 bits per heavy atom. The fraction of sp³-hybridized carbons (Fsp3) is 0.400. The van der Waals surface area contributed by atoms with Crippen molar-refractivity contribution in [1.29, 1.82) is 5.26 Å². The predicted octanol–water partition coefficient (Wildman–Crippen LogP) is 1.48. The molecule has 6 heteroatoms. The van der Waals surface area contributed by atoms with Crippen LogP contribution in [0.3, 0.4) is 0 Å². The summed E-state index contributed by atoms with van der Waals surface area (Å²) >= 11 is 0. The van der Waals surface area contributed by atoms with Crippen LogP contribution in [0.2, 0.25) is 0 Å². The minimum atomic E-state index is -0.995. The van der Waals surface area contributed by atoms with E-state index in [1.54, 1.807) is 19.1 Å². The number of amides is 1. The van der Waals surface area contributed by atoms with Crippen LogP contribution in [-0.2, 0) is 9.53 Å². The number of anilines is 1. The molecular formula is C15H19N3O3. The number of nitrogens with one attached hydrogen (secondary N) is 1. The van der Waals surface area contributed by atoms with Gasteiger partial charge in [0.05, 0.1) is 11.6 Å². The lowest BCUT2D eigenvalue weighted by atomic mass is 9.90. The van der Waals surface area contributed by atoms with Crippen molar-refractivity contribution in [3.8, 4) is 6.07 Å². The van der Waals surface area contributed by atoms with Crippen molar-refractivity contribution >= 4 is 17.6 Å². The zero-order valence-electron chi connectivity index (χ0n) is 12.3. The summed E-state index contributed by atoms with van der Waals surface area (Å²) in [6.45, 7) is 4.83. The van der Waals surface area contributed by atoms with Crippen molar-refractivity contribution in [3.05, 3.63) is 29.8 Å². The van der Waals surface area contributed by atoms with Crippen molar-refractivity contribution in [2.45, 2.75) is 26.3 Å². The monoisotopic (exact) mass is 289 g/mol. The molecule has 6 nitrogen and oxygen atoms in total. The highest BCUT2D eigenvalue weighted by Gasteiger charge is 2.30. The first-order valence-electron chi connectivity index (χ1n) is 6.53. The fourth-order valence-electron chi connectivity index (χ4n) is 1.46. The first-order chi connectivity index (χ1) is 9.78. The number of carbonyl (C=O) groups is 2. The average molecular weight is 289 g/mol. The summed E-state index contributed by atoms with van der Waals surface area (Å²) in [4.78, 5) is 23.5. The molecule has 1 amide bonds. The highest BCUT2D eigenvalue weighted by atomic mass is 16.5. The molecule has 0 aliphatic carbocycles. The first-order valence-corrected chi connectivity index (χ1v) is 6.53. The zero-order chi connectivity index (χ0) is 16.0. The molecule has 0 radical (unpaired) electrons. The number of nitrogens with two attached hydrogens (primary N) is 1. The first kappa shape index (κ1) is 16.5. The minimum absolute atomic E-state index is 0.0701. The van der Waals surface area contributed by atoms with Crippen molar-refractivity contribution in [2.24, 2.45) is 5.92 Å². The molecule has 0 unspecified atom stereocenters. The highest BCUT2D eigenvalue weighted by Crippen LogP contribution is 2.15. The molecule has 1 aromatic carbocycles. The number of nitrogens with zero attached hydrogens (tertiary/aromatic N) is 1. The summed E-state index contributed by atoms with van der Waals surface area (Å²) < 4.78 is 4.90. The molecule has 21 heavy (non-hydrogen) atoms. The molecule has 1 atom stereocenters. The van der Waals surface area contributed by atoms with Crippen LogP contribution in [0.15, 0.2) is 24.3 Å². The Kier molecular flexibility index (Phi) is 5.30. The molecule has 0 fully saturated rings. The summed E-state index contributed by atoms with van der Waals surface area (Å²) in [7, 11) is 0. The van der Waals surface area contributed by atoms with Gasteiger partial charge in [0.15, 0.2) is 6.61 Å². The van der Waals surface area contributed by atoms with E-state index in [9.17, 15) is 9.59 Å². The summed E-state index contributed by atoms with van der Waals surface area (Å²) in [6.07, 6.45) is 0. The number of ether oxygens (including phenoxy) is 1. The second-order valence-corrected chi connectivity index (χ2v) is 5.22. The fourth-order valence-corrected chi connectivity index (χ4v) is 1.46. The van der Waals surface area contributed by atoms with Gasteiger partial charge in [-0.2, -0.15) is 5.26 Å². The van der Waals surface area contributed by atoms with E-state index in [4.69, 9.17) is 15.7 Å². The molecular weight excluding hydrogens is 270 g/mol. The Balaban J connectivity index is 2.55. The number of hydrogen-bond acceptors (Lipinski definition) is 5. The topological polar surface area (TPSA) is 105 Å². The number of hydrogen-bond donors (Lipinski definition) is 2. The lowest BCUT2D eigenvalue weighted by Gasteiger charge is -2.27. The van der Waals surface area contributed by atoms with Crippen LogP contribution < -0.4 is 11.1 Å². The van der Waals surface area contributed by atoms with Gasteiger partial charge in [0, 0.05) is 5.69 Å². The van der Waals surface area contributed by atoms with Crippen molar-refractivity contribution in [2.75, 3.05) is 12.3 Å². The molecule has 1 rings (SSSR count). The van der Waals surface area contributed by atoms with Crippen molar-refractivity contribution in [3.63, 3.8) is 0 Å². The van der Waals surface area contributed by atoms with E-state index < -0.39 is 24.0 Å². The number of nitriles is 1. The van der Waals surface area contributed by atoms with Gasteiger partial charge < -0.3 is 15.8 Å². The minimum Gasteiger partial charge on any atom is -0.452 e. The molecule has 0 spiro atoms. The van der Waals surface area contributed by atoms with Gasteiger partial charge >= 0.3 is 5.97 Å². The van der Waals surface area contributed by atoms with Crippen LogP contribution in [0.4, 0.5) is 5.69 Å². The van der Waals surface area contributed by atoms with Gasteiger partial charge in [0.2, 0.25) is 0 Å². The molecule has 0 saturated heterocycles. The van der Waals surface area contributed by atoms with Gasteiger partial charge in [-0.05, 0) is 37.1 Å². The maximum absolute atomic E-state index is 11.8. The van der Waals surface area contributed by atoms with Crippen LogP contribution in [0.1, 0.15) is 31.1 Å². The van der Waals surface area contributed by atoms with Crippen LogP contribution >= 0.6 is 0 Å². The molecule has 112 valence electrons. The highest BCUT2D eigenvalue weighted by molar-refractivity contribution is 5.91. The molecule has 0 bridgehead atoms. The van der Waals surface area contributed by atoms with Crippen molar-refractivity contribution < 1.29 is 14.3 Å². The van der Waals surface area contributed by atoms with E-state index in [1.807, 2.05) is 19.9 Å². The lowest BCUT2D eigenvalue weighted by Crippen LogP contribution is -2.50. The molecule has 0 heterocycles. The third-order valence-electron chi connectivity index (χ3n) is 3.27. The van der Waals surface area contributed by atoms with E-state index in [-0.39, 0.29) is 5.92 Å². The largest absolute Gasteiger partial charge is 0.452 e. The number of carbonyl (C=O) groups excluding carboxylic acids is 2. The second-order valence-electron chi connectivity index (χ2n) is 5.22.